The van der Waals surface area contributed by atoms with E-state index in [2.05, 4.69) is 35.7 Å². The summed E-state index contributed by atoms with van der Waals surface area (Å²) in [6.45, 7) is 3.16. The molecule has 0 aliphatic carbocycles. The third-order valence-corrected chi connectivity index (χ3v) is 8.59. The summed E-state index contributed by atoms with van der Waals surface area (Å²) in [5.41, 5.74) is 4.74. The highest BCUT2D eigenvalue weighted by molar-refractivity contribution is 7.89. The Labute approximate surface area is 183 Å². The van der Waals surface area contributed by atoms with Gasteiger partial charge in [0.25, 0.3) is 0 Å². The van der Waals surface area contributed by atoms with Gasteiger partial charge in [-0.1, -0.05) is 54.6 Å². The second kappa shape index (κ2) is 7.61. The highest BCUT2D eigenvalue weighted by atomic mass is 32.2. The number of piperazine rings is 1. The molecule has 2 bridgehead atoms. The molecule has 2 aliphatic rings. The molecule has 2 fully saturated rings. The number of aryl methyl sites for hydroxylation is 1. The lowest BCUT2D eigenvalue weighted by Gasteiger charge is -2.58. The first-order valence-electron chi connectivity index (χ1n) is 10.4. The van der Waals surface area contributed by atoms with Crippen LogP contribution in [0.3, 0.4) is 0 Å². The van der Waals surface area contributed by atoms with Gasteiger partial charge in [-0.15, -0.1) is 0 Å². The molecule has 2 aliphatic heterocycles. The quantitative estimate of drug-likeness (QED) is 0.687. The number of hydrogen-bond acceptors (Lipinski definition) is 4. The van der Waals surface area contributed by atoms with Gasteiger partial charge in [0.15, 0.2) is 0 Å². The van der Waals surface area contributed by atoms with Crippen LogP contribution in [-0.2, 0) is 10.0 Å². The van der Waals surface area contributed by atoms with E-state index in [1.807, 2.05) is 43.3 Å². The molecule has 0 radical (unpaired) electrons. The van der Waals surface area contributed by atoms with Gasteiger partial charge in [-0.3, -0.25) is 0 Å². The van der Waals surface area contributed by atoms with Crippen molar-refractivity contribution in [2.24, 2.45) is 0 Å². The van der Waals surface area contributed by atoms with Crippen LogP contribution in [0.2, 0.25) is 0 Å². The maximum atomic E-state index is 13.4. The van der Waals surface area contributed by atoms with Crippen LogP contribution in [0.1, 0.15) is 22.6 Å². The second-order valence-electron chi connectivity index (χ2n) is 8.23. The van der Waals surface area contributed by atoms with Crippen molar-refractivity contribution in [3.05, 3.63) is 89.5 Å². The molecular weight excluding hydrogens is 406 g/mol. The fraction of sp³-hybridized carbons (Fsp3) is 0.240. The van der Waals surface area contributed by atoms with E-state index in [0.717, 1.165) is 16.7 Å². The molecule has 2 saturated heterocycles. The second-order valence-corrected chi connectivity index (χ2v) is 10.0. The van der Waals surface area contributed by atoms with E-state index in [0.29, 0.717) is 23.5 Å². The molecule has 156 valence electrons. The number of sulfonamides is 1. The monoisotopic (exact) mass is 429 g/mol. The maximum Gasteiger partial charge on any atom is 0.243 e. The SMILES string of the molecule is Cc1ccccc1S(=O)(=O)N1[C@@H]2CNC[C@H]1C2c1ccc(-c2ccc(C#N)cc2)cc1. The van der Waals surface area contributed by atoms with Crippen molar-refractivity contribution in [1.29, 1.82) is 5.26 Å². The van der Waals surface area contributed by atoms with E-state index in [-0.39, 0.29) is 18.0 Å². The fourth-order valence-electron chi connectivity index (χ4n) is 4.93. The van der Waals surface area contributed by atoms with E-state index in [9.17, 15) is 8.42 Å². The van der Waals surface area contributed by atoms with Gasteiger partial charge in [-0.2, -0.15) is 9.57 Å². The highest BCUT2D eigenvalue weighted by Crippen LogP contribution is 2.46. The third-order valence-electron chi connectivity index (χ3n) is 6.48. The minimum Gasteiger partial charge on any atom is -0.313 e. The van der Waals surface area contributed by atoms with E-state index in [1.54, 1.807) is 16.4 Å². The molecule has 3 atom stereocenters. The molecule has 6 heteroatoms. The smallest absolute Gasteiger partial charge is 0.243 e. The lowest BCUT2D eigenvalue weighted by atomic mass is 9.74. The lowest BCUT2D eigenvalue weighted by molar-refractivity contribution is 0.0370. The summed E-state index contributed by atoms with van der Waals surface area (Å²) in [5.74, 6) is 0.190. The molecule has 5 rings (SSSR count). The van der Waals surface area contributed by atoms with E-state index >= 15 is 0 Å². The molecule has 31 heavy (non-hydrogen) atoms. The fourth-order valence-corrected chi connectivity index (χ4v) is 7.00. The zero-order chi connectivity index (χ0) is 21.6. The average Bonchev–Trinajstić information content (AvgIpc) is 2.80. The molecule has 2 heterocycles. The number of benzene rings is 3. The van der Waals surface area contributed by atoms with Crippen LogP contribution in [0.15, 0.2) is 77.7 Å². The molecule has 0 amide bonds. The van der Waals surface area contributed by atoms with Crippen LogP contribution in [-0.4, -0.2) is 37.9 Å². The Morgan fingerprint density at radius 3 is 2.06 bits per heavy atom. The van der Waals surface area contributed by atoms with Crippen LogP contribution in [0.4, 0.5) is 0 Å². The van der Waals surface area contributed by atoms with E-state index in [1.165, 1.54) is 5.56 Å². The Hall–Kier alpha value is -2.98. The van der Waals surface area contributed by atoms with E-state index in [4.69, 9.17) is 5.26 Å². The van der Waals surface area contributed by atoms with Crippen molar-refractivity contribution < 1.29 is 8.42 Å². The number of nitrogens with one attached hydrogen (secondary N) is 1. The minimum atomic E-state index is -3.52. The average molecular weight is 430 g/mol. The van der Waals surface area contributed by atoms with Crippen molar-refractivity contribution in [3.8, 4) is 17.2 Å². The van der Waals surface area contributed by atoms with Crippen molar-refractivity contribution in [2.45, 2.75) is 29.8 Å². The number of fused-ring (bicyclic) bond motifs is 2. The molecule has 1 N–H and O–H groups in total. The number of nitriles is 1. The molecule has 5 nitrogen and oxygen atoms in total. The maximum absolute atomic E-state index is 13.4. The van der Waals surface area contributed by atoms with Gasteiger partial charge in [0.2, 0.25) is 10.0 Å². The predicted octanol–water partition coefficient (Wildman–Crippen LogP) is 3.66. The molecule has 0 saturated carbocycles. The van der Waals surface area contributed by atoms with Gasteiger partial charge in [0.05, 0.1) is 16.5 Å². The Balaban J connectivity index is 1.41. The molecule has 3 aromatic carbocycles. The summed E-state index contributed by atoms with van der Waals surface area (Å²) in [6, 6.07) is 25.1. The molecule has 0 spiro atoms. The van der Waals surface area contributed by atoms with Crippen LogP contribution >= 0.6 is 0 Å². The van der Waals surface area contributed by atoms with Crippen molar-refractivity contribution in [1.82, 2.24) is 9.62 Å². The molecule has 0 aromatic heterocycles. The number of rotatable bonds is 4. The summed E-state index contributed by atoms with van der Waals surface area (Å²) in [6.07, 6.45) is 0. The summed E-state index contributed by atoms with van der Waals surface area (Å²) in [4.78, 5) is 0.404. The van der Waals surface area contributed by atoms with Gasteiger partial charge in [0, 0.05) is 31.1 Å². The predicted molar refractivity (Wildman–Crippen MR) is 120 cm³/mol. The first-order valence-corrected chi connectivity index (χ1v) is 11.8. The van der Waals surface area contributed by atoms with Gasteiger partial charge < -0.3 is 5.32 Å². The van der Waals surface area contributed by atoms with Crippen molar-refractivity contribution in [2.75, 3.05) is 13.1 Å². The van der Waals surface area contributed by atoms with Gasteiger partial charge >= 0.3 is 0 Å². The first kappa shape index (κ1) is 20.0. The Bertz CT molecular complexity index is 1250. The third kappa shape index (κ3) is 3.26. The molecular formula is C25H23N3O2S. The van der Waals surface area contributed by atoms with Crippen LogP contribution in [0.25, 0.3) is 11.1 Å². The summed E-state index contributed by atoms with van der Waals surface area (Å²) >= 11 is 0. The van der Waals surface area contributed by atoms with Crippen LogP contribution in [0.5, 0.6) is 0 Å². The van der Waals surface area contributed by atoms with Crippen molar-refractivity contribution >= 4 is 10.0 Å². The molecule has 3 aromatic rings. The summed E-state index contributed by atoms with van der Waals surface area (Å²) < 4.78 is 28.5. The van der Waals surface area contributed by atoms with Crippen LogP contribution < -0.4 is 5.32 Å². The van der Waals surface area contributed by atoms with E-state index < -0.39 is 10.0 Å². The summed E-state index contributed by atoms with van der Waals surface area (Å²) in [7, 11) is -3.52. The first-order chi connectivity index (χ1) is 15.0. The number of nitrogens with zero attached hydrogens (tertiary/aromatic N) is 2. The zero-order valence-electron chi connectivity index (χ0n) is 17.2. The van der Waals surface area contributed by atoms with Gasteiger partial charge in [-0.05, 0) is 47.4 Å². The highest BCUT2D eigenvalue weighted by Gasteiger charge is 2.56. The molecule has 1 unspecified atom stereocenters. The number of piperidine rings is 1. The van der Waals surface area contributed by atoms with Crippen molar-refractivity contribution in [3.63, 3.8) is 0 Å². The Morgan fingerprint density at radius 1 is 0.903 bits per heavy atom. The summed E-state index contributed by atoms with van der Waals surface area (Å²) in [5, 5.41) is 12.3. The largest absolute Gasteiger partial charge is 0.313 e. The standard InChI is InChI=1S/C25H23N3O2S/c1-17-4-2-3-5-24(17)31(29,30)28-22-15-27-16-23(28)25(22)21-12-10-20(11-13-21)19-8-6-18(14-26)7-9-19/h2-13,22-23,25,27H,15-16H2,1H3/t22-,23+,25?. The minimum absolute atomic E-state index is 0.0795. The Morgan fingerprint density at radius 2 is 1.48 bits per heavy atom. The lowest BCUT2D eigenvalue weighted by Crippen LogP contribution is -2.73. The topological polar surface area (TPSA) is 73.2 Å². The van der Waals surface area contributed by atoms with Crippen LogP contribution in [0, 0.1) is 18.3 Å². The number of hydrogen-bond donors (Lipinski definition) is 1. The zero-order valence-corrected chi connectivity index (χ0v) is 18.0. The normalized spacial score (nSPS) is 23.0. The van der Waals surface area contributed by atoms with Gasteiger partial charge in [-0.25, -0.2) is 8.42 Å². The van der Waals surface area contributed by atoms with Gasteiger partial charge in [0.1, 0.15) is 0 Å². The Kier molecular flexibility index (Phi) is 4.90.